The molecule has 3 heterocycles. The summed E-state index contributed by atoms with van der Waals surface area (Å²) in [5.41, 5.74) is -0.147. The molecule has 2 aliphatic heterocycles. The quantitative estimate of drug-likeness (QED) is 0.834. The van der Waals surface area contributed by atoms with E-state index in [-0.39, 0.29) is 24.1 Å². The number of carbonyl (C=O) groups excluding carboxylic acids is 1. The molecule has 29 heavy (non-hydrogen) atoms. The maximum atomic E-state index is 14.3. The lowest BCUT2D eigenvalue weighted by molar-refractivity contribution is -0.118. The summed E-state index contributed by atoms with van der Waals surface area (Å²) in [5, 5.41) is 0. The molecule has 2 aromatic rings. The van der Waals surface area contributed by atoms with Gasteiger partial charge in [0.1, 0.15) is 5.82 Å². The highest BCUT2D eigenvalue weighted by Crippen LogP contribution is 2.34. The number of hydrogen-bond acceptors (Lipinski definition) is 5. The molecule has 0 radical (unpaired) electrons. The van der Waals surface area contributed by atoms with Crippen LogP contribution < -0.4 is 15.4 Å². The molecule has 1 fully saturated rings. The highest BCUT2D eigenvalue weighted by atomic mass is 19.2. The molecule has 10 heteroatoms. The Labute approximate surface area is 164 Å². The van der Waals surface area contributed by atoms with Gasteiger partial charge in [-0.2, -0.15) is 4.39 Å². The first-order chi connectivity index (χ1) is 13.8. The summed E-state index contributed by atoms with van der Waals surface area (Å²) in [4.78, 5) is 34.3. The Balaban J connectivity index is 1.62. The first-order valence-corrected chi connectivity index (χ1v) is 9.26. The van der Waals surface area contributed by atoms with Gasteiger partial charge < -0.3 is 19.5 Å². The number of nitrogens with zero attached hydrogens (tertiary/aromatic N) is 3. The van der Waals surface area contributed by atoms with E-state index in [9.17, 15) is 22.8 Å². The van der Waals surface area contributed by atoms with Crippen molar-refractivity contribution in [2.24, 2.45) is 0 Å². The van der Waals surface area contributed by atoms with Crippen molar-refractivity contribution in [3.8, 4) is 0 Å². The van der Waals surface area contributed by atoms with Gasteiger partial charge in [0.05, 0.1) is 25.3 Å². The number of H-pyrrole nitrogens is 1. The average molecular weight is 408 g/mol. The maximum absolute atomic E-state index is 14.3. The summed E-state index contributed by atoms with van der Waals surface area (Å²) >= 11 is 0. The summed E-state index contributed by atoms with van der Waals surface area (Å²) in [5.74, 6) is -3.59. The van der Waals surface area contributed by atoms with Crippen LogP contribution in [0.2, 0.25) is 0 Å². The zero-order chi connectivity index (χ0) is 20.7. The highest BCUT2D eigenvalue weighted by molar-refractivity contribution is 5.97. The van der Waals surface area contributed by atoms with Crippen LogP contribution in [-0.2, 0) is 22.4 Å². The summed E-state index contributed by atoms with van der Waals surface area (Å²) < 4.78 is 46.7. The zero-order valence-electron chi connectivity index (χ0n) is 15.7. The number of morpholine rings is 1. The minimum absolute atomic E-state index is 0.00567. The van der Waals surface area contributed by atoms with Crippen LogP contribution >= 0.6 is 0 Å². The van der Waals surface area contributed by atoms with Gasteiger partial charge in [0.2, 0.25) is 11.7 Å². The summed E-state index contributed by atoms with van der Waals surface area (Å²) in [6.45, 7) is 3.27. The molecule has 1 N–H and O–H groups in total. The standard InChI is InChI=1S/C19H19F3N4O3/c1-10-6-11-7-12(20)13(21)8-14(11)26(10)16(27)9-15-23-18(17(22)19(28)24-15)25-2-4-29-5-3-25/h7-8,10H,2-6,9H2,1H3,(H,23,24,28)/t10-/m0/s1. The van der Waals surface area contributed by atoms with Crippen LogP contribution in [0.4, 0.5) is 24.7 Å². The van der Waals surface area contributed by atoms with Gasteiger partial charge in [-0.15, -0.1) is 0 Å². The molecule has 0 saturated carbocycles. The SMILES string of the molecule is C[C@H]1Cc2cc(F)c(F)cc2N1C(=O)Cc1nc(N2CCOCC2)c(F)c(=O)[nH]1. The fourth-order valence-corrected chi connectivity index (χ4v) is 3.78. The predicted octanol–water partition coefficient (Wildman–Crippen LogP) is 1.54. The van der Waals surface area contributed by atoms with Gasteiger partial charge in [-0.3, -0.25) is 9.59 Å². The van der Waals surface area contributed by atoms with E-state index in [0.29, 0.717) is 44.0 Å². The van der Waals surface area contributed by atoms with Crippen LogP contribution in [0.15, 0.2) is 16.9 Å². The lowest BCUT2D eigenvalue weighted by atomic mass is 10.1. The molecule has 2 aliphatic rings. The second-order valence-electron chi connectivity index (χ2n) is 7.14. The topological polar surface area (TPSA) is 78.5 Å². The number of aromatic amines is 1. The second-order valence-corrected chi connectivity index (χ2v) is 7.14. The Morgan fingerprint density at radius 2 is 1.93 bits per heavy atom. The van der Waals surface area contributed by atoms with Gasteiger partial charge in [-0.05, 0) is 25.0 Å². The smallest absolute Gasteiger partial charge is 0.289 e. The number of amides is 1. The number of halogens is 3. The van der Waals surface area contributed by atoms with E-state index in [1.807, 2.05) is 0 Å². The summed E-state index contributed by atoms with van der Waals surface area (Å²) in [6.07, 6.45) is 0.0697. The lowest BCUT2D eigenvalue weighted by Crippen LogP contribution is -2.40. The minimum atomic E-state index is -1.04. The number of ether oxygens (including phenoxy) is 1. The number of anilines is 2. The van der Waals surface area contributed by atoms with Gasteiger partial charge in [0, 0.05) is 25.2 Å². The number of carbonyl (C=O) groups is 1. The van der Waals surface area contributed by atoms with E-state index in [2.05, 4.69) is 9.97 Å². The van der Waals surface area contributed by atoms with Gasteiger partial charge in [-0.1, -0.05) is 0 Å². The molecule has 0 bridgehead atoms. The van der Waals surface area contributed by atoms with Crippen molar-refractivity contribution >= 4 is 17.4 Å². The molecular weight excluding hydrogens is 389 g/mol. The van der Waals surface area contributed by atoms with Crippen LogP contribution in [0, 0.1) is 17.5 Å². The van der Waals surface area contributed by atoms with Crippen molar-refractivity contribution in [1.82, 2.24) is 9.97 Å². The van der Waals surface area contributed by atoms with Crippen molar-refractivity contribution in [3.05, 3.63) is 51.3 Å². The second kappa shape index (κ2) is 7.51. The molecule has 1 aromatic heterocycles. The van der Waals surface area contributed by atoms with E-state index in [4.69, 9.17) is 4.74 Å². The average Bonchev–Trinajstić information content (AvgIpc) is 3.00. The van der Waals surface area contributed by atoms with Crippen molar-refractivity contribution < 1.29 is 22.7 Å². The maximum Gasteiger partial charge on any atom is 0.289 e. The largest absolute Gasteiger partial charge is 0.378 e. The number of benzene rings is 1. The molecule has 7 nitrogen and oxygen atoms in total. The molecule has 1 aromatic carbocycles. The van der Waals surface area contributed by atoms with Crippen LogP contribution in [-0.4, -0.2) is 48.2 Å². The number of nitrogens with one attached hydrogen (secondary N) is 1. The van der Waals surface area contributed by atoms with Gasteiger partial charge in [0.25, 0.3) is 5.56 Å². The predicted molar refractivity (Wildman–Crippen MR) is 98.6 cm³/mol. The number of aromatic nitrogens is 2. The van der Waals surface area contributed by atoms with Crippen LogP contribution in [0.5, 0.6) is 0 Å². The third-order valence-corrected chi connectivity index (χ3v) is 5.13. The molecule has 1 saturated heterocycles. The molecule has 4 rings (SSSR count). The lowest BCUT2D eigenvalue weighted by Gasteiger charge is -2.28. The Hall–Kier alpha value is -2.88. The molecular formula is C19H19F3N4O3. The number of rotatable bonds is 3. The Bertz CT molecular complexity index is 1020. The van der Waals surface area contributed by atoms with Crippen LogP contribution in [0.1, 0.15) is 18.3 Å². The number of fused-ring (bicyclic) bond motifs is 1. The molecule has 1 atom stereocenters. The normalized spacial score (nSPS) is 18.8. The third kappa shape index (κ3) is 3.59. The number of hydrogen-bond donors (Lipinski definition) is 1. The zero-order valence-corrected chi connectivity index (χ0v) is 15.7. The Kier molecular flexibility index (Phi) is 5.03. The minimum Gasteiger partial charge on any atom is -0.378 e. The fraction of sp³-hybridized carbons (Fsp3) is 0.421. The van der Waals surface area contributed by atoms with Crippen LogP contribution in [0.25, 0.3) is 0 Å². The first kappa shape index (κ1) is 19.4. The van der Waals surface area contributed by atoms with Crippen molar-refractivity contribution in [2.45, 2.75) is 25.8 Å². The highest BCUT2D eigenvalue weighted by Gasteiger charge is 2.33. The third-order valence-electron chi connectivity index (χ3n) is 5.13. The van der Waals surface area contributed by atoms with Crippen molar-refractivity contribution in [3.63, 3.8) is 0 Å². The molecule has 1 amide bonds. The summed E-state index contributed by atoms with van der Waals surface area (Å²) in [7, 11) is 0. The van der Waals surface area contributed by atoms with Gasteiger partial charge in [0.15, 0.2) is 17.5 Å². The molecule has 0 aliphatic carbocycles. The fourth-order valence-electron chi connectivity index (χ4n) is 3.78. The molecule has 0 unspecified atom stereocenters. The van der Waals surface area contributed by atoms with E-state index in [1.54, 1.807) is 11.8 Å². The van der Waals surface area contributed by atoms with Crippen molar-refractivity contribution in [1.29, 1.82) is 0 Å². The summed E-state index contributed by atoms with van der Waals surface area (Å²) in [6, 6.07) is 1.76. The van der Waals surface area contributed by atoms with E-state index < -0.39 is 28.9 Å². The van der Waals surface area contributed by atoms with E-state index in [1.165, 1.54) is 4.90 Å². The van der Waals surface area contributed by atoms with Gasteiger partial charge >= 0.3 is 0 Å². The molecule has 0 spiro atoms. The molecule has 154 valence electrons. The van der Waals surface area contributed by atoms with Gasteiger partial charge in [-0.25, -0.2) is 13.8 Å². The van der Waals surface area contributed by atoms with Crippen molar-refractivity contribution in [2.75, 3.05) is 36.1 Å². The Morgan fingerprint density at radius 3 is 2.66 bits per heavy atom. The first-order valence-electron chi connectivity index (χ1n) is 9.26. The monoisotopic (exact) mass is 408 g/mol. The van der Waals surface area contributed by atoms with E-state index >= 15 is 0 Å². The Morgan fingerprint density at radius 1 is 1.24 bits per heavy atom. The van der Waals surface area contributed by atoms with E-state index in [0.717, 1.165) is 12.1 Å². The van der Waals surface area contributed by atoms with Crippen LogP contribution in [0.3, 0.4) is 0 Å².